The van der Waals surface area contributed by atoms with E-state index in [0.29, 0.717) is 30.6 Å². The molecule has 35 heavy (non-hydrogen) atoms. The zero-order valence-electron chi connectivity index (χ0n) is 18.6. The van der Waals surface area contributed by atoms with Crippen molar-refractivity contribution < 1.29 is 26.3 Å². The highest BCUT2D eigenvalue weighted by Crippen LogP contribution is 2.34. The van der Waals surface area contributed by atoms with Crippen LogP contribution >= 0.6 is 23.2 Å². The molecule has 0 spiro atoms. The molecular weight excluding hydrogens is 533 g/mol. The van der Waals surface area contributed by atoms with Gasteiger partial charge in [0.05, 0.1) is 30.7 Å². The Bertz CT molecular complexity index is 1400. The molecule has 0 aromatic heterocycles. The number of anilines is 1. The molecule has 7 nitrogen and oxygen atoms in total. The lowest BCUT2D eigenvalue weighted by atomic mass is 10.2. The van der Waals surface area contributed by atoms with Crippen LogP contribution in [0.2, 0.25) is 10.0 Å². The van der Waals surface area contributed by atoms with Crippen molar-refractivity contribution in [2.45, 2.75) is 0 Å². The summed E-state index contributed by atoms with van der Waals surface area (Å²) in [5.74, 6) is 0.452. The molecule has 3 aromatic carbocycles. The van der Waals surface area contributed by atoms with Crippen molar-refractivity contribution in [1.29, 1.82) is 0 Å². The number of benzene rings is 3. The molecular formula is C24H21Cl2NO6S2. The SMILES string of the molecule is COc1ccc(N(S(=O)(=O)/C=C/c2cccc(Cl)c2)S(=O)(=O)/C=C/c2cccc(Cl)c2)cc1OC. The van der Waals surface area contributed by atoms with E-state index in [2.05, 4.69) is 0 Å². The molecule has 3 rings (SSSR count). The second-order valence-corrected chi connectivity index (χ2v) is 11.5. The average Bonchev–Trinajstić information content (AvgIpc) is 2.81. The van der Waals surface area contributed by atoms with E-state index in [1.54, 1.807) is 48.5 Å². The first-order valence-electron chi connectivity index (χ1n) is 9.95. The van der Waals surface area contributed by atoms with Gasteiger partial charge in [-0.2, -0.15) is 3.71 Å². The number of methoxy groups -OCH3 is 2. The maximum absolute atomic E-state index is 13.4. The van der Waals surface area contributed by atoms with Crippen molar-refractivity contribution in [3.05, 3.63) is 98.7 Å². The summed E-state index contributed by atoms with van der Waals surface area (Å²) in [5.41, 5.74) is 0.773. The first-order valence-corrected chi connectivity index (χ1v) is 13.7. The van der Waals surface area contributed by atoms with Gasteiger partial charge >= 0.3 is 0 Å². The van der Waals surface area contributed by atoms with Crippen molar-refractivity contribution in [2.24, 2.45) is 0 Å². The quantitative estimate of drug-likeness (QED) is 0.331. The molecule has 0 aliphatic heterocycles. The van der Waals surface area contributed by atoms with Gasteiger partial charge in [0.1, 0.15) is 0 Å². The molecule has 0 atom stereocenters. The fourth-order valence-electron chi connectivity index (χ4n) is 3.04. The van der Waals surface area contributed by atoms with Crippen LogP contribution in [-0.4, -0.2) is 31.1 Å². The first kappa shape index (κ1) is 26.6. The van der Waals surface area contributed by atoms with E-state index in [4.69, 9.17) is 32.7 Å². The van der Waals surface area contributed by atoms with Crippen molar-refractivity contribution >= 4 is 61.1 Å². The largest absolute Gasteiger partial charge is 0.493 e. The Morgan fingerprint density at radius 2 is 1.17 bits per heavy atom. The average molecular weight is 554 g/mol. The highest BCUT2D eigenvalue weighted by atomic mass is 35.5. The van der Waals surface area contributed by atoms with Crippen LogP contribution in [0.25, 0.3) is 12.2 Å². The molecule has 0 bridgehead atoms. The van der Waals surface area contributed by atoms with E-state index in [-0.39, 0.29) is 11.4 Å². The van der Waals surface area contributed by atoms with Crippen LogP contribution < -0.4 is 13.2 Å². The van der Waals surface area contributed by atoms with Crippen molar-refractivity contribution in [2.75, 3.05) is 17.9 Å². The number of sulfonamides is 2. The summed E-state index contributed by atoms with van der Waals surface area (Å²) in [6, 6.07) is 16.9. The van der Waals surface area contributed by atoms with Crippen LogP contribution in [0, 0.1) is 0 Å². The van der Waals surface area contributed by atoms with Gasteiger partial charge in [-0.1, -0.05) is 47.5 Å². The van der Waals surface area contributed by atoms with Crippen LogP contribution in [0.3, 0.4) is 0 Å². The molecule has 0 unspecified atom stereocenters. The Labute approximate surface area is 214 Å². The van der Waals surface area contributed by atoms with E-state index in [0.717, 1.165) is 10.8 Å². The van der Waals surface area contributed by atoms with Gasteiger partial charge in [0.25, 0.3) is 20.0 Å². The maximum Gasteiger partial charge on any atom is 0.270 e. The van der Waals surface area contributed by atoms with Crippen molar-refractivity contribution in [3.8, 4) is 11.5 Å². The molecule has 0 N–H and O–H groups in total. The summed E-state index contributed by atoms with van der Waals surface area (Å²) >= 11 is 11.9. The zero-order chi connectivity index (χ0) is 25.6. The van der Waals surface area contributed by atoms with Crippen molar-refractivity contribution in [3.63, 3.8) is 0 Å². The molecule has 0 aliphatic carbocycles. The van der Waals surface area contributed by atoms with Gasteiger partial charge in [-0.05, 0) is 59.7 Å². The fourth-order valence-corrected chi connectivity index (χ4v) is 6.59. The minimum absolute atomic E-state index is 0.151. The number of rotatable bonds is 9. The summed E-state index contributed by atoms with van der Waals surface area (Å²) in [6.45, 7) is 0. The monoisotopic (exact) mass is 553 g/mol. The van der Waals surface area contributed by atoms with Gasteiger partial charge < -0.3 is 9.47 Å². The standard InChI is InChI=1S/C24H21Cl2NO6S2/c1-32-23-10-9-22(17-24(23)33-2)27(34(28,29)13-11-18-5-3-7-20(25)15-18)35(30,31)14-12-19-6-4-8-21(26)16-19/h3-17H,1-2H3/b13-11+,14-12+. The second-order valence-electron chi connectivity index (χ2n) is 7.04. The van der Waals surface area contributed by atoms with E-state index in [9.17, 15) is 16.8 Å². The van der Waals surface area contributed by atoms with Crippen LogP contribution in [0.1, 0.15) is 11.1 Å². The Morgan fingerprint density at radius 3 is 1.60 bits per heavy atom. The molecule has 3 aromatic rings. The predicted octanol–water partition coefficient (Wildman–Crippen LogP) is 5.82. The van der Waals surface area contributed by atoms with Crippen LogP contribution in [0.15, 0.2) is 77.5 Å². The maximum atomic E-state index is 13.4. The fraction of sp³-hybridized carbons (Fsp3) is 0.0833. The molecule has 0 amide bonds. The molecule has 0 saturated carbocycles. The van der Waals surface area contributed by atoms with Gasteiger partial charge in [-0.3, -0.25) is 0 Å². The topological polar surface area (TPSA) is 90.0 Å². The summed E-state index contributed by atoms with van der Waals surface area (Å²) < 4.78 is 64.1. The van der Waals surface area contributed by atoms with E-state index >= 15 is 0 Å². The lowest BCUT2D eigenvalue weighted by Gasteiger charge is -2.21. The van der Waals surface area contributed by atoms with Gasteiger partial charge in [0.2, 0.25) is 0 Å². The molecule has 0 radical (unpaired) electrons. The van der Waals surface area contributed by atoms with Crippen LogP contribution in [0.4, 0.5) is 5.69 Å². The summed E-state index contributed by atoms with van der Waals surface area (Å²) in [7, 11) is -6.35. The summed E-state index contributed by atoms with van der Waals surface area (Å²) in [4.78, 5) is 0. The van der Waals surface area contributed by atoms with Gasteiger partial charge in [0.15, 0.2) is 11.5 Å². The third kappa shape index (κ3) is 6.79. The minimum atomic E-state index is -4.55. The lowest BCUT2D eigenvalue weighted by molar-refractivity contribution is 0.355. The van der Waals surface area contributed by atoms with Crippen LogP contribution in [0.5, 0.6) is 11.5 Å². The summed E-state index contributed by atoms with van der Waals surface area (Å²) in [5, 5.41) is 2.39. The van der Waals surface area contributed by atoms with E-state index < -0.39 is 20.0 Å². The summed E-state index contributed by atoms with van der Waals surface area (Å²) in [6.07, 6.45) is 2.51. The molecule has 184 valence electrons. The van der Waals surface area contributed by atoms with Gasteiger partial charge in [0, 0.05) is 16.1 Å². The highest BCUT2D eigenvalue weighted by Gasteiger charge is 2.32. The number of hydrogen-bond acceptors (Lipinski definition) is 6. The van der Waals surface area contributed by atoms with E-state index in [1.165, 1.54) is 44.6 Å². The van der Waals surface area contributed by atoms with Crippen molar-refractivity contribution in [1.82, 2.24) is 0 Å². The normalized spacial score (nSPS) is 12.2. The minimum Gasteiger partial charge on any atom is -0.493 e. The first-order chi connectivity index (χ1) is 16.6. The van der Waals surface area contributed by atoms with Crippen LogP contribution in [-0.2, 0) is 20.0 Å². The molecule has 0 heterocycles. The number of halogens is 2. The molecule has 0 fully saturated rings. The number of nitrogens with zero attached hydrogens (tertiary/aromatic N) is 1. The Kier molecular flexibility index (Phi) is 8.50. The smallest absolute Gasteiger partial charge is 0.270 e. The number of ether oxygens (including phenoxy) is 2. The van der Waals surface area contributed by atoms with E-state index in [1.807, 2.05) is 0 Å². The second kappa shape index (κ2) is 11.2. The lowest BCUT2D eigenvalue weighted by Crippen LogP contribution is -2.34. The third-order valence-electron chi connectivity index (χ3n) is 4.60. The molecule has 11 heteroatoms. The Morgan fingerprint density at radius 1 is 0.686 bits per heavy atom. The molecule has 0 saturated heterocycles. The van der Waals surface area contributed by atoms with Gasteiger partial charge in [-0.15, -0.1) is 0 Å². The Balaban J connectivity index is 2.13. The third-order valence-corrected chi connectivity index (χ3v) is 8.63. The zero-order valence-corrected chi connectivity index (χ0v) is 21.8. The predicted molar refractivity (Wildman–Crippen MR) is 141 cm³/mol. The highest BCUT2D eigenvalue weighted by molar-refractivity contribution is 8.12. The van der Waals surface area contributed by atoms with Gasteiger partial charge in [-0.25, -0.2) is 16.8 Å². The molecule has 0 aliphatic rings. The number of hydrogen-bond donors (Lipinski definition) is 0. The Hall–Kier alpha value is -2.98.